The zero-order valence-electron chi connectivity index (χ0n) is 14.2. The fourth-order valence-electron chi connectivity index (χ4n) is 2.11. The summed E-state index contributed by atoms with van der Waals surface area (Å²) < 4.78 is 5.46. The Bertz CT molecular complexity index is 705. The average Bonchev–Trinajstić information content (AvgIpc) is 2.62. The zero-order valence-corrected chi connectivity index (χ0v) is 15.1. The number of ether oxygens (including phenoxy) is 1. The number of rotatable bonds is 8. The molecule has 0 aliphatic carbocycles. The molecule has 0 radical (unpaired) electrons. The summed E-state index contributed by atoms with van der Waals surface area (Å²) in [7, 11) is 0. The summed E-state index contributed by atoms with van der Waals surface area (Å²) in [4.78, 5) is 0. The highest BCUT2D eigenvalue weighted by molar-refractivity contribution is 7.80. The first kappa shape index (κ1) is 18.7. The van der Waals surface area contributed by atoms with E-state index in [4.69, 9.17) is 17.0 Å². The molecule has 0 aliphatic rings. The number of hydrogen-bond donors (Lipinski definition) is 3. The molecule has 0 atom stereocenters. The molecule has 0 amide bonds. The second kappa shape index (κ2) is 10.3. The van der Waals surface area contributed by atoms with Crippen molar-refractivity contribution in [3.63, 3.8) is 0 Å². The largest absolute Gasteiger partial charge is 0.507 e. The quantitative estimate of drug-likeness (QED) is 0.385. The van der Waals surface area contributed by atoms with Gasteiger partial charge in [-0.05, 0) is 42.8 Å². The Morgan fingerprint density at radius 1 is 1.24 bits per heavy atom. The Balaban J connectivity index is 1.75. The zero-order chi connectivity index (χ0) is 17.9. The van der Waals surface area contributed by atoms with Crippen LogP contribution in [0.4, 0.5) is 0 Å². The molecule has 0 heterocycles. The van der Waals surface area contributed by atoms with Crippen molar-refractivity contribution in [1.29, 1.82) is 0 Å². The third-order valence-electron chi connectivity index (χ3n) is 3.39. The number of thiocarbonyl (C=S) groups is 1. The van der Waals surface area contributed by atoms with Gasteiger partial charge in [-0.3, -0.25) is 5.43 Å². The van der Waals surface area contributed by atoms with Crippen molar-refractivity contribution in [2.24, 2.45) is 5.10 Å². The summed E-state index contributed by atoms with van der Waals surface area (Å²) in [6.07, 6.45) is 3.32. The van der Waals surface area contributed by atoms with Crippen molar-refractivity contribution >= 4 is 23.5 Å². The highest BCUT2D eigenvalue weighted by Crippen LogP contribution is 2.22. The van der Waals surface area contributed by atoms with E-state index in [1.807, 2.05) is 25.1 Å². The van der Waals surface area contributed by atoms with E-state index in [9.17, 15) is 5.11 Å². The number of phenols is 1. The molecule has 0 aliphatic heterocycles. The van der Waals surface area contributed by atoms with Crippen LogP contribution in [-0.4, -0.2) is 29.6 Å². The molecule has 3 N–H and O–H groups in total. The van der Waals surface area contributed by atoms with Gasteiger partial charge < -0.3 is 15.2 Å². The molecule has 0 fully saturated rings. The third kappa shape index (κ3) is 6.81. The van der Waals surface area contributed by atoms with Gasteiger partial charge in [0, 0.05) is 18.2 Å². The Hall–Kier alpha value is -2.60. The van der Waals surface area contributed by atoms with Gasteiger partial charge >= 0.3 is 0 Å². The van der Waals surface area contributed by atoms with Crippen molar-refractivity contribution in [1.82, 2.24) is 10.7 Å². The van der Waals surface area contributed by atoms with Crippen LogP contribution in [0.2, 0.25) is 0 Å². The number of hydrogen-bond acceptors (Lipinski definition) is 4. The number of nitrogens with zero attached hydrogens (tertiary/aromatic N) is 1. The first-order valence-electron chi connectivity index (χ1n) is 8.25. The monoisotopic (exact) mass is 357 g/mol. The molecule has 0 spiro atoms. The van der Waals surface area contributed by atoms with E-state index in [-0.39, 0.29) is 5.75 Å². The molecule has 0 bridgehead atoms. The summed E-state index contributed by atoms with van der Waals surface area (Å²) in [5.74, 6) is 0.754. The topological polar surface area (TPSA) is 65.9 Å². The summed E-state index contributed by atoms with van der Waals surface area (Å²) in [5.41, 5.74) is 4.57. The van der Waals surface area contributed by atoms with Gasteiger partial charge in [-0.1, -0.05) is 37.3 Å². The molecule has 0 unspecified atom stereocenters. The molecular formula is C19H23N3O2S. The highest BCUT2D eigenvalue weighted by Gasteiger charge is 2.01. The third-order valence-corrected chi connectivity index (χ3v) is 3.62. The predicted octanol–water partition coefficient (Wildman–Crippen LogP) is 3.22. The molecule has 5 nitrogen and oxygen atoms in total. The van der Waals surface area contributed by atoms with Gasteiger partial charge in [-0.15, -0.1) is 0 Å². The van der Waals surface area contributed by atoms with E-state index in [2.05, 4.69) is 28.0 Å². The molecule has 0 saturated heterocycles. The number of nitrogens with one attached hydrogen (secondary N) is 2. The average molecular weight is 357 g/mol. The van der Waals surface area contributed by atoms with E-state index < -0.39 is 0 Å². The maximum atomic E-state index is 9.98. The SMILES string of the molecule is CCCOc1ccc(/C=N\NC(=S)NCCc2ccccc2)c(O)c1. The van der Waals surface area contributed by atoms with Crippen LogP contribution in [0, 0.1) is 0 Å². The Kier molecular flexibility index (Phi) is 7.72. The van der Waals surface area contributed by atoms with Crippen LogP contribution in [-0.2, 0) is 6.42 Å². The molecule has 6 heteroatoms. The lowest BCUT2D eigenvalue weighted by Gasteiger charge is -2.08. The first-order chi connectivity index (χ1) is 12.2. The van der Waals surface area contributed by atoms with Crippen molar-refractivity contribution in [2.45, 2.75) is 19.8 Å². The number of benzene rings is 2. The van der Waals surface area contributed by atoms with Crippen LogP contribution in [0.3, 0.4) is 0 Å². The van der Waals surface area contributed by atoms with Crippen LogP contribution in [0.1, 0.15) is 24.5 Å². The van der Waals surface area contributed by atoms with Crippen molar-refractivity contribution < 1.29 is 9.84 Å². The minimum Gasteiger partial charge on any atom is -0.507 e. The summed E-state index contributed by atoms with van der Waals surface area (Å²) in [5, 5.41) is 17.5. The Labute approximate surface area is 153 Å². The summed E-state index contributed by atoms with van der Waals surface area (Å²) in [6.45, 7) is 3.38. The molecule has 2 rings (SSSR count). The lowest BCUT2D eigenvalue weighted by atomic mass is 10.1. The summed E-state index contributed by atoms with van der Waals surface area (Å²) >= 11 is 5.17. The molecule has 0 aromatic heterocycles. The van der Waals surface area contributed by atoms with Crippen LogP contribution < -0.4 is 15.5 Å². The van der Waals surface area contributed by atoms with E-state index >= 15 is 0 Å². The van der Waals surface area contributed by atoms with Crippen LogP contribution >= 0.6 is 12.2 Å². The van der Waals surface area contributed by atoms with Crippen molar-refractivity contribution in [2.75, 3.05) is 13.2 Å². The second-order valence-electron chi connectivity index (χ2n) is 5.43. The number of hydrazone groups is 1. The smallest absolute Gasteiger partial charge is 0.186 e. The van der Waals surface area contributed by atoms with Gasteiger partial charge in [0.2, 0.25) is 0 Å². The molecule has 2 aromatic carbocycles. The number of aromatic hydroxyl groups is 1. The lowest BCUT2D eigenvalue weighted by Crippen LogP contribution is -2.33. The molecule has 132 valence electrons. The number of phenolic OH excluding ortho intramolecular Hbond substituents is 1. The first-order valence-corrected chi connectivity index (χ1v) is 8.66. The van der Waals surface area contributed by atoms with Crippen molar-refractivity contribution in [3.05, 3.63) is 59.7 Å². The van der Waals surface area contributed by atoms with E-state index in [0.29, 0.717) is 23.0 Å². The van der Waals surface area contributed by atoms with Gasteiger partial charge in [0.15, 0.2) is 5.11 Å². The maximum Gasteiger partial charge on any atom is 0.186 e. The molecule has 0 saturated carbocycles. The van der Waals surface area contributed by atoms with Gasteiger partial charge in [-0.25, -0.2) is 0 Å². The van der Waals surface area contributed by atoms with Gasteiger partial charge in [-0.2, -0.15) is 5.10 Å². The van der Waals surface area contributed by atoms with E-state index in [1.165, 1.54) is 11.8 Å². The van der Waals surface area contributed by atoms with Gasteiger partial charge in [0.1, 0.15) is 11.5 Å². The maximum absolute atomic E-state index is 9.98. The predicted molar refractivity (Wildman–Crippen MR) is 105 cm³/mol. The second-order valence-corrected chi connectivity index (χ2v) is 5.84. The highest BCUT2D eigenvalue weighted by atomic mass is 32.1. The van der Waals surface area contributed by atoms with E-state index in [1.54, 1.807) is 18.2 Å². The van der Waals surface area contributed by atoms with E-state index in [0.717, 1.165) is 19.4 Å². The normalized spacial score (nSPS) is 10.6. The molecular weight excluding hydrogens is 334 g/mol. The molecule has 2 aromatic rings. The fraction of sp³-hybridized carbons (Fsp3) is 0.263. The van der Waals surface area contributed by atoms with Crippen LogP contribution in [0.15, 0.2) is 53.6 Å². The lowest BCUT2D eigenvalue weighted by molar-refractivity contribution is 0.315. The molecule has 25 heavy (non-hydrogen) atoms. The minimum atomic E-state index is 0.113. The minimum absolute atomic E-state index is 0.113. The fourth-order valence-corrected chi connectivity index (χ4v) is 2.26. The Morgan fingerprint density at radius 2 is 2.04 bits per heavy atom. The van der Waals surface area contributed by atoms with Crippen LogP contribution in [0.5, 0.6) is 11.5 Å². The van der Waals surface area contributed by atoms with Gasteiger partial charge in [0.25, 0.3) is 0 Å². The summed E-state index contributed by atoms with van der Waals surface area (Å²) in [6, 6.07) is 15.3. The standard InChI is InChI=1S/C19H23N3O2S/c1-2-12-24-17-9-8-16(18(23)13-17)14-21-22-19(25)20-11-10-15-6-4-3-5-7-15/h3-9,13-14,23H,2,10-12H2,1H3,(H2,20,22,25)/b21-14-. The van der Waals surface area contributed by atoms with Crippen LogP contribution in [0.25, 0.3) is 0 Å². The van der Waals surface area contributed by atoms with Gasteiger partial charge in [0.05, 0.1) is 12.8 Å². The van der Waals surface area contributed by atoms with Crippen molar-refractivity contribution in [3.8, 4) is 11.5 Å². The Morgan fingerprint density at radius 3 is 2.76 bits per heavy atom.